The van der Waals surface area contributed by atoms with E-state index in [-0.39, 0.29) is 18.7 Å². The summed E-state index contributed by atoms with van der Waals surface area (Å²) in [6.07, 6.45) is 3.98. The molecule has 0 bridgehead atoms. The molecular formula is C18H21N3O4. The van der Waals surface area contributed by atoms with Gasteiger partial charge < -0.3 is 23.7 Å². The zero-order chi connectivity index (χ0) is 17.2. The number of benzene rings is 1. The van der Waals surface area contributed by atoms with Crippen molar-refractivity contribution in [2.24, 2.45) is 0 Å². The molecule has 0 unspecified atom stereocenters. The normalized spacial score (nSPS) is 18.3. The van der Waals surface area contributed by atoms with Crippen molar-refractivity contribution in [3.8, 4) is 11.5 Å². The summed E-state index contributed by atoms with van der Waals surface area (Å²) < 4.78 is 18.4. The third-order valence-electron chi connectivity index (χ3n) is 4.58. The Kier molecular flexibility index (Phi) is 4.31. The highest BCUT2D eigenvalue weighted by Crippen LogP contribution is 2.33. The van der Waals surface area contributed by atoms with Gasteiger partial charge in [0.25, 0.3) is 0 Å². The minimum absolute atomic E-state index is 0.0906. The number of fused-ring (bicyclic) bond motifs is 2. The SMILES string of the molecule is CCOC[C@H]1CN(C(=O)Cc2ccc3c(c2)OCO3)Cc2cncn21. The Hall–Kier alpha value is -2.54. The predicted molar refractivity (Wildman–Crippen MR) is 89.4 cm³/mol. The summed E-state index contributed by atoms with van der Waals surface area (Å²) in [6, 6.07) is 5.75. The van der Waals surface area contributed by atoms with Gasteiger partial charge in [-0.2, -0.15) is 0 Å². The van der Waals surface area contributed by atoms with Gasteiger partial charge in [0.15, 0.2) is 11.5 Å². The molecule has 1 atom stereocenters. The zero-order valence-corrected chi connectivity index (χ0v) is 14.2. The van der Waals surface area contributed by atoms with Gasteiger partial charge in [-0.05, 0) is 24.6 Å². The molecule has 0 radical (unpaired) electrons. The van der Waals surface area contributed by atoms with Crippen LogP contribution in [0.1, 0.15) is 24.2 Å². The van der Waals surface area contributed by atoms with E-state index >= 15 is 0 Å². The molecule has 0 aliphatic carbocycles. The number of hydrogen-bond donors (Lipinski definition) is 0. The molecule has 3 heterocycles. The van der Waals surface area contributed by atoms with E-state index < -0.39 is 0 Å². The maximum Gasteiger partial charge on any atom is 0.231 e. The van der Waals surface area contributed by atoms with Crippen molar-refractivity contribution >= 4 is 5.91 Å². The average Bonchev–Trinajstić information content (AvgIpc) is 3.27. The van der Waals surface area contributed by atoms with Gasteiger partial charge in [-0.25, -0.2) is 4.98 Å². The van der Waals surface area contributed by atoms with Gasteiger partial charge in [0.1, 0.15) is 0 Å². The minimum Gasteiger partial charge on any atom is -0.454 e. The van der Waals surface area contributed by atoms with E-state index in [4.69, 9.17) is 14.2 Å². The maximum absolute atomic E-state index is 12.8. The Balaban J connectivity index is 1.47. The highest BCUT2D eigenvalue weighted by Gasteiger charge is 2.28. The summed E-state index contributed by atoms with van der Waals surface area (Å²) in [5.74, 6) is 1.53. The number of carbonyl (C=O) groups is 1. The Labute approximate surface area is 146 Å². The van der Waals surface area contributed by atoms with Crippen LogP contribution in [-0.2, 0) is 22.5 Å². The second kappa shape index (κ2) is 6.76. The van der Waals surface area contributed by atoms with E-state index in [9.17, 15) is 4.79 Å². The summed E-state index contributed by atoms with van der Waals surface area (Å²) in [5, 5.41) is 0. The molecule has 0 saturated carbocycles. The molecule has 4 rings (SSSR count). The molecule has 0 fully saturated rings. The van der Waals surface area contributed by atoms with E-state index in [1.54, 1.807) is 0 Å². The van der Waals surface area contributed by atoms with Gasteiger partial charge in [0, 0.05) is 19.3 Å². The molecule has 0 spiro atoms. The maximum atomic E-state index is 12.8. The largest absolute Gasteiger partial charge is 0.454 e. The number of ether oxygens (including phenoxy) is 3. The van der Waals surface area contributed by atoms with Gasteiger partial charge in [-0.15, -0.1) is 0 Å². The number of amides is 1. The van der Waals surface area contributed by atoms with Crippen molar-refractivity contribution in [1.29, 1.82) is 0 Å². The molecule has 2 aliphatic rings. The highest BCUT2D eigenvalue weighted by molar-refractivity contribution is 5.79. The standard InChI is InChI=1S/C18H21N3O4/c1-2-23-10-15-9-20(8-14-7-19-11-21(14)15)18(22)6-13-3-4-16-17(5-13)25-12-24-16/h3-5,7,11,15H,2,6,8-10,12H2,1H3/t15-/m1/s1. The lowest BCUT2D eigenvalue weighted by Crippen LogP contribution is -2.42. The van der Waals surface area contributed by atoms with Gasteiger partial charge in [-0.1, -0.05) is 6.07 Å². The first kappa shape index (κ1) is 16.0. The van der Waals surface area contributed by atoms with Crippen molar-refractivity contribution in [3.05, 3.63) is 42.0 Å². The third-order valence-corrected chi connectivity index (χ3v) is 4.58. The highest BCUT2D eigenvalue weighted by atomic mass is 16.7. The van der Waals surface area contributed by atoms with Crippen LogP contribution in [0.4, 0.5) is 0 Å². The van der Waals surface area contributed by atoms with E-state index in [2.05, 4.69) is 9.55 Å². The number of carbonyl (C=O) groups excluding carboxylic acids is 1. The van der Waals surface area contributed by atoms with Crippen molar-refractivity contribution in [2.45, 2.75) is 25.9 Å². The van der Waals surface area contributed by atoms with Crippen LogP contribution in [-0.4, -0.2) is 46.9 Å². The molecule has 1 aromatic heterocycles. The monoisotopic (exact) mass is 343 g/mol. The summed E-state index contributed by atoms with van der Waals surface area (Å²) in [7, 11) is 0. The molecule has 132 valence electrons. The Morgan fingerprint density at radius 3 is 3.12 bits per heavy atom. The van der Waals surface area contributed by atoms with Crippen molar-refractivity contribution < 1.29 is 19.0 Å². The molecule has 1 amide bonds. The predicted octanol–water partition coefficient (Wildman–Crippen LogP) is 1.77. The number of imidazole rings is 1. The fourth-order valence-electron chi connectivity index (χ4n) is 3.30. The van der Waals surface area contributed by atoms with E-state index in [0.29, 0.717) is 38.5 Å². The summed E-state index contributed by atoms with van der Waals surface area (Å²) in [4.78, 5) is 18.9. The molecule has 25 heavy (non-hydrogen) atoms. The third kappa shape index (κ3) is 3.19. The van der Waals surface area contributed by atoms with Gasteiger partial charge >= 0.3 is 0 Å². The van der Waals surface area contributed by atoms with Crippen LogP contribution in [0.5, 0.6) is 11.5 Å². The number of rotatable bonds is 5. The molecule has 7 heteroatoms. The zero-order valence-electron chi connectivity index (χ0n) is 14.2. The Bertz CT molecular complexity index is 773. The lowest BCUT2D eigenvalue weighted by molar-refractivity contribution is -0.132. The summed E-state index contributed by atoms with van der Waals surface area (Å²) >= 11 is 0. The minimum atomic E-state index is 0.0906. The molecule has 0 saturated heterocycles. The van der Waals surface area contributed by atoms with Crippen LogP contribution in [0.25, 0.3) is 0 Å². The van der Waals surface area contributed by atoms with E-state index in [1.165, 1.54) is 0 Å². The average molecular weight is 343 g/mol. The summed E-state index contributed by atoms with van der Waals surface area (Å²) in [5.41, 5.74) is 1.96. The van der Waals surface area contributed by atoms with Crippen LogP contribution >= 0.6 is 0 Å². The van der Waals surface area contributed by atoms with Crippen molar-refractivity contribution in [3.63, 3.8) is 0 Å². The quantitative estimate of drug-likeness (QED) is 0.828. The first-order valence-corrected chi connectivity index (χ1v) is 8.49. The molecule has 1 aromatic carbocycles. The molecule has 7 nitrogen and oxygen atoms in total. The second-order valence-corrected chi connectivity index (χ2v) is 6.24. The lowest BCUT2D eigenvalue weighted by Gasteiger charge is -2.34. The molecule has 2 aromatic rings. The Morgan fingerprint density at radius 1 is 1.36 bits per heavy atom. The topological polar surface area (TPSA) is 65.8 Å². The number of nitrogens with zero attached hydrogens (tertiary/aromatic N) is 3. The lowest BCUT2D eigenvalue weighted by atomic mass is 10.1. The van der Waals surface area contributed by atoms with Crippen LogP contribution < -0.4 is 9.47 Å². The van der Waals surface area contributed by atoms with Gasteiger partial charge in [0.05, 0.1) is 37.6 Å². The first-order valence-electron chi connectivity index (χ1n) is 8.49. The van der Waals surface area contributed by atoms with Crippen LogP contribution in [0.2, 0.25) is 0 Å². The fourth-order valence-corrected chi connectivity index (χ4v) is 3.30. The Morgan fingerprint density at radius 2 is 2.24 bits per heavy atom. The first-order chi connectivity index (χ1) is 12.2. The number of hydrogen-bond acceptors (Lipinski definition) is 5. The second-order valence-electron chi connectivity index (χ2n) is 6.24. The molecule has 0 N–H and O–H groups in total. The van der Waals surface area contributed by atoms with Crippen LogP contribution in [0.3, 0.4) is 0 Å². The van der Waals surface area contributed by atoms with Crippen molar-refractivity contribution in [1.82, 2.24) is 14.5 Å². The van der Waals surface area contributed by atoms with E-state index in [1.807, 2.05) is 42.5 Å². The van der Waals surface area contributed by atoms with Crippen molar-refractivity contribution in [2.75, 3.05) is 26.6 Å². The van der Waals surface area contributed by atoms with Crippen LogP contribution in [0, 0.1) is 0 Å². The number of aromatic nitrogens is 2. The molecule has 2 aliphatic heterocycles. The van der Waals surface area contributed by atoms with E-state index in [0.717, 1.165) is 17.0 Å². The van der Waals surface area contributed by atoms with Gasteiger partial charge in [-0.3, -0.25) is 4.79 Å². The van der Waals surface area contributed by atoms with Crippen LogP contribution in [0.15, 0.2) is 30.7 Å². The molecular weight excluding hydrogens is 322 g/mol. The smallest absolute Gasteiger partial charge is 0.231 e. The summed E-state index contributed by atoms with van der Waals surface area (Å²) in [6.45, 7) is 4.65. The fraction of sp³-hybridized carbons (Fsp3) is 0.444. The van der Waals surface area contributed by atoms with Gasteiger partial charge in [0.2, 0.25) is 12.7 Å².